The van der Waals surface area contributed by atoms with Crippen molar-refractivity contribution >= 4 is 15.5 Å². The minimum atomic E-state index is -0.499. The summed E-state index contributed by atoms with van der Waals surface area (Å²) in [6.45, 7) is 5.75. The molecule has 70 valence electrons. The van der Waals surface area contributed by atoms with Crippen LogP contribution >= 0.6 is 0 Å². The molecule has 0 saturated heterocycles. The van der Waals surface area contributed by atoms with Gasteiger partial charge in [0.2, 0.25) is 0 Å². The quantitative estimate of drug-likeness (QED) is 0.326. The van der Waals surface area contributed by atoms with Crippen LogP contribution in [0.1, 0.15) is 13.3 Å². The Hall–Kier alpha value is -0.453. The monoisotopic (exact) mass is 188 g/mol. The Balaban J connectivity index is 3.20. The summed E-state index contributed by atoms with van der Waals surface area (Å²) in [4.78, 5) is 11.0. The van der Waals surface area contributed by atoms with Crippen LogP contribution in [0, 0.1) is 0 Å². The first-order chi connectivity index (χ1) is 5.68. The molecule has 0 heterocycles. The van der Waals surface area contributed by atoms with Crippen molar-refractivity contribution in [2.24, 2.45) is 0 Å². The summed E-state index contributed by atoms with van der Waals surface area (Å²) >= 11 is 0. The second-order valence-electron chi connectivity index (χ2n) is 2.56. The van der Waals surface area contributed by atoms with Crippen LogP contribution < -0.4 is 0 Å². The molecule has 0 unspecified atom stereocenters. The zero-order valence-corrected chi connectivity index (χ0v) is 9.17. The van der Waals surface area contributed by atoms with E-state index in [1.165, 1.54) is 0 Å². The van der Waals surface area contributed by atoms with Crippen molar-refractivity contribution in [3.05, 3.63) is 12.2 Å². The molecule has 0 fully saturated rings. The molecule has 0 aromatic heterocycles. The third kappa shape index (κ3) is 6.27. The van der Waals surface area contributed by atoms with Crippen molar-refractivity contribution < 1.29 is 14.0 Å². The normalized spacial score (nSPS) is 10.8. The summed E-state index contributed by atoms with van der Waals surface area (Å²) in [7, 11) is 1.18. The topological polar surface area (TPSA) is 35.5 Å². The van der Waals surface area contributed by atoms with Gasteiger partial charge in [-0.05, 0) is 12.5 Å². The van der Waals surface area contributed by atoms with Gasteiger partial charge in [-0.15, -0.1) is 0 Å². The van der Waals surface area contributed by atoms with E-state index >= 15 is 0 Å². The van der Waals surface area contributed by atoms with Crippen LogP contribution in [0.3, 0.4) is 0 Å². The Morgan fingerprint density at radius 2 is 2.25 bits per heavy atom. The molecule has 0 aliphatic rings. The molecule has 0 saturated carbocycles. The predicted molar refractivity (Wildman–Crippen MR) is 50.8 cm³/mol. The Labute approximate surface area is 75.7 Å². The van der Waals surface area contributed by atoms with Crippen LogP contribution in [-0.2, 0) is 14.0 Å². The molecule has 0 aromatic rings. The molecule has 4 heteroatoms. The Kier molecular flexibility index (Phi) is 6.94. The molecule has 0 aromatic carbocycles. The third-order valence-corrected chi connectivity index (χ3v) is 2.24. The lowest BCUT2D eigenvalue weighted by atomic mass is 10.2. The molecule has 0 rings (SSSR count). The van der Waals surface area contributed by atoms with E-state index in [1.54, 1.807) is 14.0 Å². The molecule has 0 N–H and O–H groups in total. The van der Waals surface area contributed by atoms with E-state index < -0.39 is 9.76 Å². The van der Waals surface area contributed by atoms with Gasteiger partial charge in [-0.1, -0.05) is 6.58 Å². The number of hydrogen-bond donors (Lipinski definition) is 0. The van der Waals surface area contributed by atoms with Crippen LogP contribution in [0.15, 0.2) is 12.2 Å². The average molecular weight is 188 g/mol. The zero-order valence-electron chi connectivity index (χ0n) is 7.76. The minimum Gasteiger partial charge on any atom is -0.425 e. The van der Waals surface area contributed by atoms with Gasteiger partial charge in [-0.2, -0.15) is 0 Å². The molecule has 3 nitrogen and oxygen atoms in total. The molecule has 0 radical (unpaired) electrons. The van der Waals surface area contributed by atoms with E-state index in [-0.39, 0.29) is 5.78 Å². The minimum absolute atomic E-state index is 0.0779. The van der Waals surface area contributed by atoms with Crippen molar-refractivity contribution in [2.75, 3.05) is 19.9 Å². The first-order valence-corrected chi connectivity index (χ1v) is 5.51. The first kappa shape index (κ1) is 11.5. The third-order valence-electron chi connectivity index (χ3n) is 1.38. The van der Waals surface area contributed by atoms with Gasteiger partial charge in [0, 0.05) is 13.5 Å². The maximum Gasteiger partial charge on any atom is 0.186 e. The van der Waals surface area contributed by atoms with Crippen LogP contribution in [0.2, 0.25) is 0 Å². The van der Waals surface area contributed by atoms with Crippen LogP contribution in [-0.4, -0.2) is 35.5 Å². The molecule has 0 amide bonds. The fraction of sp³-hybridized carbons (Fsp3) is 0.625. The Morgan fingerprint density at radius 3 is 2.75 bits per heavy atom. The van der Waals surface area contributed by atoms with E-state index in [0.717, 1.165) is 0 Å². The van der Waals surface area contributed by atoms with Gasteiger partial charge < -0.3 is 9.16 Å². The summed E-state index contributed by atoms with van der Waals surface area (Å²) in [5.74, 6) is 0.0779. The summed E-state index contributed by atoms with van der Waals surface area (Å²) in [6, 6.07) is 0. The van der Waals surface area contributed by atoms with E-state index in [9.17, 15) is 4.79 Å². The fourth-order valence-electron chi connectivity index (χ4n) is 0.623. The Bertz CT molecular complexity index is 156. The maximum atomic E-state index is 11.0. The van der Waals surface area contributed by atoms with Crippen molar-refractivity contribution in [1.29, 1.82) is 0 Å². The molecule has 0 aliphatic carbocycles. The standard InChI is InChI=1S/C8H16O3Si/c1-7(2)8(9)4-5-11-6-12-10-3/h1,4-6,12H2,2-3H3. The summed E-state index contributed by atoms with van der Waals surface area (Å²) in [6.07, 6.45) is 1.12. The van der Waals surface area contributed by atoms with Crippen molar-refractivity contribution in [3.63, 3.8) is 0 Å². The predicted octanol–water partition coefficient (Wildman–Crippen LogP) is 0.226. The van der Waals surface area contributed by atoms with Crippen LogP contribution in [0.5, 0.6) is 0 Å². The van der Waals surface area contributed by atoms with Gasteiger partial charge in [0.05, 0.1) is 12.8 Å². The summed E-state index contributed by atoms with van der Waals surface area (Å²) in [5.41, 5.74) is 0.600. The molecule has 0 atom stereocenters. The van der Waals surface area contributed by atoms with E-state index in [4.69, 9.17) is 9.16 Å². The second kappa shape index (κ2) is 7.21. The molecule has 12 heavy (non-hydrogen) atoms. The number of carbonyl (C=O) groups excluding carboxylic acids is 1. The molecular formula is C8H16O3Si. The van der Waals surface area contributed by atoms with Gasteiger partial charge in [0.25, 0.3) is 0 Å². The molecule has 0 aliphatic heterocycles. The number of Topliss-reactive ketones (excluding diaryl/α,β-unsaturated/α-hetero) is 1. The highest BCUT2D eigenvalue weighted by molar-refractivity contribution is 6.26. The summed E-state index contributed by atoms with van der Waals surface area (Å²) < 4.78 is 10.1. The van der Waals surface area contributed by atoms with Gasteiger partial charge >= 0.3 is 0 Å². The maximum absolute atomic E-state index is 11.0. The van der Waals surface area contributed by atoms with Gasteiger partial charge in [0.15, 0.2) is 15.5 Å². The molecular weight excluding hydrogens is 172 g/mol. The van der Waals surface area contributed by atoms with Gasteiger partial charge in [-0.25, -0.2) is 0 Å². The number of carbonyl (C=O) groups is 1. The average Bonchev–Trinajstić information content (AvgIpc) is 2.03. The highest BCUT2D eigenvalue weighted by Gasteiger charge is 2.00. The lowest BCUT2D eigenvalue weighted by molar-refractivity contribution is -0.116. The lowest BCUT2D eigenvalue weighted by Gasteiger charge is -2.01. The molecule has 0 bridgehead atoms. The van der Waals surface area contributed by atoms with Crippen LogP contribution in [0.25, 0.3) is 0 Å². The largest absolute Gasteiger partial charge is 0.425 e. The Morgan fingerprint density at radius 1 is 1.58 bits per heavy atom. The number of ether oxygens (including phenoxy) is 1. The molecule has 0 spiro atoms. The van der Waals surface area contributed by atoms with Crippen molar-refractivity contribution in [3.8, 4) is 0 Å². The highest BCUT2D eigenvalue weighted by atomic mass is 28.2. The van der Waals surface area contributed by atoms with Gasteiger partial charge in [0.1, 0.15) is 0 Å². The number of rotatable bonds is 7. The highest BCUT2D eigenvalue weighted by Crippen LogP contribution is 1.94. The number of ketones is 1. The zero-order chi connectivity index (χ0) is 9.40. The first-order valence-electron chi connectivity index (χ1n) is 3.94. The van der Waals surface area contributed by atoms with Crippen LogP contribution in [0.4, 0.5) is 0 Å². The van der Waals surface area contributed by atoms with E-state index in [0.29, 0.717) is 24.8 Å². The van der Waals surface area contributed by atoms with Gasteiger partial charge in [-0.3, -0.25) is 4.79 Å². The summed E-state index contributed by atoms with van der Waals surface area (Å²) in [5, 5.41) is 0. The SMILES string of the molecule is C=C(C)C(=O)CCOC[SiH2]OC. The second-order valence-corrected chi connectivity index (χ2v) is 3.95. The number of hydrogen-bond acceptors (Lipinski definition) is 3. The number of allylic oxidation sites excluding steroid dienone is 1. The smallest absolute Gasteiger partial charge is 0.186 e. The van der Waals surface area contributed by atoms with Crippen molar-refractivity contribution in [2.45, 2.75) is 13.3 Å². The fourth-order valence-corrected chi connectivity index (χ4v) is 1.11. The van der Waals surface area contributed by atoms with E-state index in [2.05, 4.69) is 6.58 Å². The lowest BCUT2D eigenvalue weighted by Crippen LogP contribution is -2.10. The van der Waals surface area contributed by atoms with E-state index in [1.807, 2.05) is 0 Å². The van der Waals surface area contributed by atoms with Crippen molar-refractivity contribution in [1.82, 2.24) is 0 Å².